The van der Waals surface area contributed by atoms with Gasteiger partial charge in [-0.25, -0.2) is 0 Å². The van der Waals surface area contributed by atoms with E-state index in [2.05, 4.69) is 4.98 Å². The van der Waals surface area contributed by atoms with Crippen LogP contribution in [0.1, 0.15) is 12.0 Å². The van der Waals surface area contributed by atoms with Gasteiger partial charge in [-0.1, -0.05) is 18.2 Å². The third kappa shape index (κ3) is 3.63. The summed E-state index contributed by atoms with van der Waals surface area (Å²) >= 11 is 0. The Morgan fingerprint density at radius 3 is 2.42 bits per heavy atom. The van der Waals surface area contributed by atoms with Gasteiger partial charge in [0.05, 0.1) is 6.54 Å². The maximum Gasteiger partial charge on any atom is 0.228 e. The molecule has 0 aliphatic rings. The van der Waals surface area contributed by atoms with Gasteiger partial charge < -0.3 is 10.6 Å². The Morgan fingerprint density at radius 1 is 1.11 bits per heavy atom. The molecule has 0 aliphatic carbocycles. The Balaban J connectivity index is 2.22. The molecule has 1 aromatic heterocycles. The zero-order valence-electron chi connectivity index (χ0n) is 10.7. The minimum atomic E-state index is 0.0329. The average molecular weight is 255 g/mol. The molecule has 0 fully saturated rings. The Bertz CT molecular complexity index is 513. The molecule has 0 unspecified atom stereocenters. The van der Waals surface area contributed by atoms with Gasteiger partial charge in [-0.05, 0) is 29.8 Å². The Kier molecular flexibility index (Phi) is 4.64. The van der Waals surface area contributed by atoms with Gasteiger partial charge >= 0.3 is 0 Å². The molecule has 1 aromatic carbocycles. The molecule has 0 radical (unpaired) electrons. The summed E-state index contributed by atoms with van der Waals surface area (Å²) in [6, 6.07) is 13.4. The summed E-state index contributed by atoms with van der Waals surface area (Å²) in [6.45, 7) is 0.893. The molecule has 4 heteroatoms. The number of aromatic nitrogens is 1. The van der Waals surface area contributed by atoms with Crippen molar-refractivity contribution in [2.24, 2.45) is 5.73 Å². The second kappa shape index (κ2) is 6.66. The molecule has 2 rings (SSSR count). The number of anilines is 1. The van der Waals surface area contributed by atoms with Gasteiger partial charge in [0.25, 0.3) is 0 Å². The van der Waals surface area contributed by atoms with Crippen molar-refractivity contribution in [2.75, 3.05) is 11.4 Å². The highest BCUT2D eigenvalue weighted by Gasteiger charge is 2.14. The van der Waals surface area contributed by atoms with Gasteiger partial charge in [-0.15, -0.1) is 0 Å². The SMILES string of the molecule is NCCC(=O)N(Cc1ccncc1)c1ccccc1. The van der Waals surface area contributed by atoms with E-state index >= 15 is 0 Å². The highest BCUT2D eigenvalue weighted by Crippen LogP contribution is 2.17. The standard InChI is InChI=1S/C15H17N3O/c16-9-6-15(19)18(14-4-2-1-3-5-14)12-13-7-10-17-11-8-13/h1-5,7-8,10-11H,6,9,12,16H2. The van der Waals surface area contributed by atoms with Crippen LogP contribution in [0.2, 0.25) is 0 Å². The average Bonchev–Trinajstić information content (AvgIpc) is 2.47. The summed E-state index contributed by atoms with van der Waals surface area (Å²) in [6.07, 6.45) is 3.80. The highest BCUT2D eigenvalue weighted by molar-refractivity contribution is 5.93. The van der Waals surface area contributed by atoms with E-state index < -0.39 is 0 Å². The topological polar surface area (TPSA) is 59.2 Å². The molecule has 2 N–H and O–H groups in total. The van der Waals surface area contributed by atoms with Gasteiger partial charge in [-0.3, -0.25) is 9.78 Å². The van der Waals surface area contributed by atoms with Gasteiger partial charge in [0.15, 0.2) is 0 Å². The number of amides is 1. The summed E-state index contributed by atoms with van der Waals surface area (Å²) < 4.78 is 0. The van der Waals surface area contributed by atoms with Crippen molar-refractivity contribution in [3.05, 3.63) is 60.4 Å². The first-order valence-electron chi connectivity index (χ1n) is 6.25. The van der Waals surface area contributed by atoms with Crippen LogP contribution < -0.4 is 10.6 Å². The lowest BCUT2D eigenvalue weighted by Gasteiger charge is -2.22. The van der Waals surface area contributed by atoms with Crippen LogP contribution in [0.3, 0.4) is 0 Å². The van der Waals surface area contributed by atoms with Crippen molar-refractivity contribution in [2.45, 2.75) is 13.0 Å². The molecule has 0 aliphatic heterocycles. The molecule has 0 saturated heterocycles. The molecule has 0 atom stereocenters. The van der Waals surface area contributed by atoms with Crippen LogP contribution in [0, 0.1) is 0 Å². The number of carbonyl (C=O) groups excluding carboxylic acids is 1. The molecule has 0 bridgehead atoms. The van der Waals surface area contributed by atoms with E-state index in [0.717, 1.165) is 11.3 Å². The number of hydrogen-bond acceptors (Lipinski definition) is 3. The molecule has 19 heavy (non-hydrogen) atoms. The number of rotatable bonds is 5. The fourth-order valence-electron chi connectivity index (χ4n) is 1.86. The van der Waals surface area contributed by atoms with E-state index in [1.807, 2.05) is 42.5 Å². The van der Waals surface area contributed by atoms with Crippen LogP contribution in [-0.2, 0) is 11.3 Å². The molecular formula is C15H17N3O. The van der Waals surface area contributed by atoms with Crippen LogP contribution in [0.15, 0.2) is 54.9 Å². The van der Waals surface area contributed by atoms with Crippen molar-refractivity contribution >= 4 is 11.6 Å². The van der Waals surface area contributed by atoms with Gasteiger partial charge in [0.2, 0.25) is 5.91 Å². The van der Waals surface area contributed by atoms with Crippen molar-refractivity contribution in [1.82, 2.24) is 4.98 Å². The van der Waals surface area contributed by atoms with E-state index in [-0.39, 0.29) is 5.91 Å². The lowest BCUT2D eigenvalue weighted by Crippen LogP contribution is -2.31. The molecular weight excluding hydrogens is 238 g/mol. The van der Waals surface area contributed by atoms with Crippen LogP contribution in [0.5, 0.6) is 0 Å². The van der Waals surface area contributed by atoms with Crippen LogP contribution in [0.25, 0.3) is 0 Å². The van der Waals surface area contributed by atoms with Crippen LogP contribution >= 0.6 is 0 Å². The monoisotopic (exact) mass is 255 g/mol. The highest BCUT2D eigenvalue weighted by atomic mass is 16.2. The van der Waals surface area contributed by atoms with E-state index in [4.69, 9.17) is 5.73 Å². The zero-order chi connectivity index (χ0) is 13.5. The van der Waals surface area contributed by atoms with Crippen LogP contribution in [0.4, 0.5) is 5.69 Å². The second-order valence-corrected chi connectivity index (χ2v) is 4.21. The summed E-state index contributed by atoms with van der Waals surface area (Å²) in [4.78, 5) is 17.9. The summed E-state index contributed by atoms with van der Waals surface area (Å²) in [7, 11) is 0. The van der Waals surface area contributed by atoms with Gasteiger partial charge in [0.1, 0.15) is 0 Å². The van der Waals surface area contributed by atoms with Crippen LogP contribution in [-0.4, -0.2) is 17.4 Å². The van der Waals surface area contributed by atoms with Crippen molar-refractivity contribution in [3.63, 3.8) is 0 Å². The van der Waals surface area contributed by atoms with E-state index in [1.165, 1.54) is 0 Å². The first-order valence-corrected chi connectivity index (χ1v) is 6.25. The van der Waals surface area contributed by atoms with Gasteiger partial charge in [-0.2, -0.15) is 0 Å². The number of hydrogen-bond donors (Lipinski definition) is 1. The maximum atomic E-state index is 12.2. The Morgan fingerprint density at radius 2 is 1.79 bits per heavy atom. The number of nitrogens with zero attached hydrogens (tertiary/aromatic N) is 2. The predicted molar refractivity (Wildman–Crippen MR) is 75.5 cm³/mol. The van der Waals surface area contributed by atoms with Crippen molar-refractivity contribution in [3.8, 4) is 0 Å². The maximum absolute atomic E-state index is 12.2. The minimum absolute atomic E-state index is 0.0329. The first kappa shape index (κ1) is 13.2. The molecule has 4 nitrogen and oxygen atoms in total. The minimum Gasteiger partial charge on any atom is -0.330 e. The van der Waals surface area contributed by atoms with Gasteiger partial charge in [0, 0.05) is 31.0 Å². The molecule has 0 saturated carbocycles. The number of carbonyl (C=O) groups is 1. The molecule has 1 heterocycles. The number of benzene rings is 1. The third-order valence-corrected chi connectivity index (χ3v) is 2.82. The largest absolute Gasteiger partial charge is 0.330 e. The molecule has 2 aromatic rings. The molecule has 1 amide bonds. The van der Waals surface area contributed by atoms with E-state index in [0.29, 0.717) is 19.5 Å². The first-order chi connectivity index (χ1) is 9.31. The smallest absolute Gasteiger partial charge is 0.228 e. The van der Waals surface area contributed by atoms with E-state index in [9.17, 15) is 4.79 Å². The summed E-state index contributed by atoms with van der Waals surface area (Å²) in [5, 5.41) is 0. The number of para-hydroxylation sites is 1. The Hall–Kier alpha value is -2.20. The lowest BCUT2D eigenvalue weighted by atomic mass is 10.2. The lowest BCUT2D eigenvalue weighted by molar-refractivity contribution is -0.118. The third-order valence-electron chi connectivity index (χ3n) is 2.82. The fourth-order valence-corrected chi connectivity index (χ4v) is 1.86. The second-order valence-electron chi connectivity index (χ2n) is 4.21. The normalized spacial score (nSPS) is 10.2. The van der Waals surface area contributed by atoms with Crippen molar-refractivity contribution < 1.29 is 4.79 Å². The fraction of sp³-hybridized carbons (Fsp3) is 0.200. The quantitative estimate of drug-likeness (QED) is 0.888. The number of nitrogens with two attached hydrogens (primary N) is 1. The molecule has 0 spiro atoms. The summed E-state index contributed by atoms with van der Waals surface area (Å²) in [5.41, 5.74) is 7.41. The Labute approximate surface area is 112 Å². The number of pyridine rings is 1. The van der Waals surface area contributed by atoms with E-state index in [1.54, 1.807) is 17.3 Å². The van der Waals surface area contributed by atoms with Crippen molar-refractivity contribution in [1.29, 1.82) is 0 Å². The summed E-state index contributed by atoms with van der Waals surface area (Å²) in [5.74, 6) is 0.0329. The predicted octanol–water partition coefficient (Wildman–Crippen LogP) is 1.96. The zero-order valence-corrected chi connectivity index (χ0v) is 10.7. The molecule has 98 valence electrons.